The maximum Gasteiger partial charge on any atom is 0.236 e. The van der Waals surface area contributed by atoms with Crippen molar-refractivity contribution in [3.63, 3.8) is 0 Å². The molecule has 5 heteroatoms. The van der Waals surface area contributed by atoms with Crippen molar-refractivity contribution < 1.29 is 9.59 Å². The van der Waals surface area contributed by atoms with Gasteiger partial charge in [-0.25, -0.2) is 0 Å². The Bertz CT molecular complexity index is 386. The molecule has 1 aliphatic heterocycles. The summed E-state index contributed by atoms with van der Waals surface area (Å²) in [5.74, 6) is 0.514. The summed E-state index contributed by atoms with van der Waals surface area (Å²) in [5, 5.41) is 0. The highest BCUT2D eigenvalue weighted by molar-refractivity contribution is 5.78. The molecule has 2 rings (SSSR count). The molecule has 0 radical (unpaired) electrons. The summed E-state index contributed by atoms with van der Waals surface area (Å²) >= 11 is 0. The number of hydrogen-bond donors (Lipinski definition) is 0. The van der Waals surface area contributed by atoms with Crippen molar-refractivity contribution in [1.29, 1.82) is 0 Å². The molecule has 2 fully saturated rings. The maximum atomic E-state index is 12.5. The molecule has 0 atom stereocenters. The number of amides is 2. The summed E-state index contributed by atoms with van der Waals surface area (Å²) in [6.45, 7) is 5.79. The van der Waals surface area contributed by atoms with Crippen molar-refractivity contribution in [1.82, 2.24) is 14.7 Å². The van der Waals surface area contributed by atoms with Crippen LogP contribution < -0.4 is 0 Å². The van der Waals surface area contributed by atoms with Crippen LogP contribution in [0.5, 0.6) is 0 Å². The van der Waals surface area contributed by atoms with Crippen LogP contribution in [0, 0.1) is 0 Å². The van der Waals surface area contributed by atoms with Gasteiger partial charge in [-0.1, -0.05) is 32.6 Å². The first-order chi connectivity index (χ1) is 11.1. The zero-order chi connectivity index (χ0) is 16.7. The normalized spacial score (nSPS) is 20.5. The fourth-order valence-corrected chi connectivity index (χ4v) is 3.62. The second-order valence-corrected chi connectivity index (χ2v) is 7.06. The standard InChI is InChI=1S/C18H33N3O2/c1-3-4-10-17(22)21-13-11-20(12-14-21)15-18(23)19(2)16-8-6-5-7-9-16/h16H,3-15H2,1-2H3. The van der Waals surface area contributed by atoms with Crippen LogP contribution in [0.3, 0.4) is 0 Å². The minimum Gasteiger partial charge on any atom is -0.342 e. The molecule has 0 aromatic heterocycles. The fourth-order valence-electron chi connectivity index (χ4n) is 3.62. The number of rotatable bonds is 6. The summed E-state index contributed by atoms with van der Waals surface area (Å²) in [4.78, 5) is 30.6. The van der Waals surface area contributed by atoms with Crippen LogP contribution in [0.15, 0.2) is 0 Å². The first-order valence-corrected chi connectivity index (χ1v) is 9.37. The van der Waals surface area contributed by atoms with E-state index < -0.39 is 0 Å². The SMILES string of the molecule is CCCCC(=O)N1CCN(CC(=O)N(C)C2CCCCC2)CC1. The predicted octanol–water partition coefficient (Wildman–Crippen LogP) is 2.11. The first-order valence-electron chi connectivity index (χ1n) is 9.37. The molecule has 5 nitrogen and oxygen atoms in total. The van der Waals surface area contributed by atoms with E-state index in [4.69, 9.17) is 0 Å². The molecular formula is C18H33N3O2. The van der Waals surface area contributed by atoms with Crippen molar-refractivity contribution in [3.05, 3.63) is 0 Å². The van der Waals surface area contributed by atoms with E-state index in [1.165, 1.54) is 19.3 Å². The van der Waals surface area contributed by atoms with E-state index in [0.29, 0.717) is 19.0 Å². The number of nitrogens with zero attached hydrogens (tertiary/aromatic N) is 3. The van der Waals surface area contributed by atoms with Gasteiger partial charge in [0.05, 0.1) is 6.54 Å². The van der Waals surface area contributed by atoms with Crippen molar-refractivity contribution >= 4 is 11.8 Å². The van der Waals surface area contributed by atoms with Crippen LogP contribution in [0.2, 0.25) is 0 Å². The molecule has 0 aromatic rings. The predicted molar refractivity (Wildman–Crippen MR) is 92.2 cm³/mol. The molecule has 1 aliphatic carbocycles. The molecule has 0 aromatic carbocycles. The lowest BCUT2D eigenvalue weighted by atomic mass is 9.94. The van der Waals surface area contributed by atoms with E-state index in [9.17, 15) is 9.59 Å². The van der Waals surface area contributed by atoms with Crippen LogP contribution in [0.4, 0.5) is 0 Å². The van der Waals surface area contributed by atoms with Gasteiger partial charge in [0, 0.05) is 45.7 Å². The monoisotopic (exact) mass is 323 g/mol. The Hall–Kier alpha value is -1.10. The van der Waals surface area contributed by atoms with Gasteiger partial charge in [-0.15, -0.1) is 0 Å². The van der Waals surface area contributed by atoms with Crippen molar-refractivity contribution in [2.45, 2.75) is 64.3 Å². The topological polar surface area (TPSA) is 43.9 Å². The molecule has 0 bridgehead atoms. The largest absolute Gasteiger partial charge is 0.342 e. The zero-order valence-corrected chi connectivity index (χ0v) is 14.9. The number of hydrogen-bond acceptors (Lipinski definition) is 3. The lowest BCUT2D eigenvalue weighted by Crippen LogP contribution is -2.52. The molecule has 0 N–H and O–H groups in total. The molecule has 23 heavy (non-hydrogen) atoms. The molecular weight excluding hydrogens is 290 g/mol. The Morgan fingerprint density at radius 2 is 1.70 bits per heavy atom. The average molecular weight is 323 g/mol. The van der Waals surface area contributed by atoms with Crippen LogP contribution in [0.1, 0.15) is 58.3 Å². The Balaban J connectivity index is 1.70. The van der Waals surface area contributed by atoms with E-state index in [0.717, 1.165) is 51.9 Å². The fraction of sp³-hybridized carbons (Fsp3) is 0.889. The Kier molecular flexibility index (Phi) is 7.34. The lowest BCUT2D eigenvalue weighted by molar-refractivity contribution is -0.136. The van der Waals surface area contributed by atoms with E-state index in [2.05, 4.69) is 11.8 Å². The molecule has 1 saturated carbocycles. The smallest absolute Gasteiger partial charge is 0.236 e. The third kappa shape index (κ3) is 5.48. The average Bonchev–Trinajstić information content (AvgIpc) is 2.60. The molecule has 2 aliphatic rings. The second kappa shape index (κ2) is 9.26. The zero-order valence-electron chi connectivity index (χ0n) is 14.9. The van der Waals surface area contributed by atoms with Gasteiger partial charge >= 0.3 is 0 Å². The molecule has 0 spiro atoms. The van der Waals surface area contributed by atoms with Crippen LogP contribution in [0.25, 0.3) is 0 Å². The summed E-state index contributed by atoms with van der Waals surface area (Å²) in [6.07, 6.45) is 8.83. The first kappa shape index (κ1) is 18.2. The Morgan fingerprint density at radius 1 is 1.04 bits per heavy atom. The van der Waals surface area contributed by atoms with Gasteiger partial charge < -0.3 is 9.80 Å². The van der Waals surface area contributed by atoms with E-state index in [1.54, 1.807) is 0 Å². The van der Waals surface area contributed by atoms with Crippen molar-refractivity contribution in [2.75, 3.05) is 39.8 Å². The van der Waals surface area contributed by atoms with Gasteiger partial charge in [-0.2, -0.15) is 0 Å². The number of likely N-dealkylation sites (N-methyl/N-ethyl adjacent to an activating group) is 1. The van der Waals surface area contributed by atoms with Crippen LogP contribution >= 0.6 is 0 Å². The maximum absolute atomic E-state index is 12.5. The van der Waals surface area contributed by atoms with E-state index in [1.807, 2.05) is 16.8 Å². The lowest BCUT2D eigenvalue weighted by Gasteiger charge is -2.37. The number of unbranched alkanes of at least 4 members (excludes halogenated alkanes) is 1. The minimum absolute atomic E-state index is 0.239. The minimum atomic E-state index is 0.239. The van der Waals surface area contributed by atoms with Gasteiger partial charge in [-0.05, 0) is 19.3 Å². The second-order valence-electron chi connectivity index (χ2n) is 7.06. The Morgan fingerprint density at radius 3 is 2.30 bits per heavy atom. The van der Waals surface area contributed by atoms with Gasteiger partial charge in [0.1, 0.15) is 0 Å². The van der Waals surface area contributed by atoms with Crippen LogP contribution in [-0.2, 0) is 9.59 Å². The highest BCUT2D eigenvalue weighted by atomic mass is 16.2. The van der Waals surface area contributed by atoms with Crippen molar-refractivity contribution in [3.8, 4) is 0 Å². The summed E-state index contributed by atoms with van der Waals surface area (Å²) < 4.78 is 0. The molecule has 132 valence electrons. The van der Waals surface area contributed by atoms with Gasteiger partial charge in [0.15, 0.2) is 0 Å². The molecule has 0 unspecified atom stereocenters. The number of carbonyl (C=O) groups excluding carboxylic acids is 2. The summed E-state index contributed by atoms with van der Waals surface area (Å²) in [7, 11) is 1.96. The van der Waals surface area contributed by atoms with E-state index in [-0.39, 0.29) is 11.8 Å². The summed E-state index contributed by atoms with van der Waals surface area (Å²) in [5.41, 5.74) is 0. The third-order valence-electron chi connectivity index (χ3n) is 5.34. The Labute approximate surface area is 141 Å². The highest BCUT2D eigenvalue weighted by Gasteiger charge is 2.26. The molecule has 1 heterocycles. The third-order valence-corrected chi connectivity index (χ3v) is 5.34. The highest BCUT2D eigenvalue weighted by Crippen LogP contribution is 2.21. The quantitative estimate of drug-likeness (QED) is 0.752. The van der Waals surface area contributed by atoms with Crippen LogP contribution in [-0.4, -0.2) is 72.3 Å². The van der Waals surface area contributed by atoms with Gasteiger partial charge in [0.25, 0.3) is 0 Å². The molecule has 1 saturated heterocycles. The molecule has 2 amide bonds. The van der Waals surface area contributed by atoms with Gasteiger partial charge in [-0.3, -0.25) is 14.5 Å². The van der Waals surface area contributed by atoms with Gasteiger partial charge in [0.2, 0.25) is 11.8 Å². The van der Waals surface area contributed by atoms with Crippen molar-refractivity contribution in [2.24, 2.45) is 0 Å². The number of piperazine rings is 1. The van der Waals surface area contributed by atoms with E-state index >= 15 is 0 Å². The summed E-state index contributed by atoms with van der Waals surface area (Å²) in [6, 6.07) is 0.438. The number of carbonyl (C=O) groups is 2.